The standard InChI is InChI=1S/C12H23N3O2/c1-5-12(7-16,8-17)13-9(2)11-6-15(4)14-10(11)3/h6,9,13,16-17H,5,7-8H2,1-4H3. The maximum Gasteiger partial charge on any atom is 0.0650 e. The quantitative estimate of drug-likeness (QED) is 0.679. The molecule has 0 fully saturated rings. The zero-order valence-corrected chi connectivity index (χ0v) is 11.1. The molecule has 0 aliphatic rings. The highest BCUT2D eigenvalue weighted by atomic mass is 16.3. The van der Waals surface area contributed by atoms with Gasteiger partial charge in [0, 0.05) is 24.8 Å². The van der Waals surface area contributed by atoms with Gasteiger partial charge in [-0.1, -0.05) is 6.92 Å². The van der Waals surface area contributed by atoms with Crippen molar-refractivity contribution in [3.8, 4) is 0 Å². The lowest BCUT2D eigenvalue weighted by Crippen LogP contribution is -2.52. The van der Waals surface area contributed by atoms with E-state index in [1.165, 1.54) is 0 Å². The smallest absolute Gasteiger partial charge is 0.0650 e. The fraction of sp³-hybridized carbons (Fsp3) is 0.750. The van der Waals surface area contributed by atoms with Gasteiger partial charge >= 0.3 is 0 Å². The van der Waals surface area contributed by atoms with Crippen molar-refractivity contribution >= 4 is 0 Å². The number of aliphatic hydroxyl groups is 2. The van der Waals surface area contributed by atoms with E-state index in [4.69, 9.17) is 0 Å². The molecule has 0 aromatic carbocycles. The second-order valence-electron chi connectivity index (χ2n) is 4.66. The molecule has 0 radical (unpaired) electrons. The number of aromatic nitrogens is 2. The van der Waals surface area contributed by atoms with Crippen molar-refractivity contribution < 1.29 is 10.2 Å². The molecule has 0 saturated heterocycles. The summed E-state index contributed by atoms with van der Waals surface area (Å²) >= 11 is 0. The van der Waals surface area contributed by atoms with Crippen molar-refractivity contribution in [3.63, 3.8) is 0 Å². The first-order chi connectivity index (χ1) is 7.98. The van der Waals surface area contributed by atoms with Gasteiger partial charge in [-0.2, -0.15) is 5.10 Å². The van der Waals surface area contributed by atoms with Crippen molar-refractivity contribution in [1.29, 1.82) is 0 Å². The van der Waals surface area contributed by atoms with E-state index in [0.29, 0.717) is 6.42 Å². The second-order valence-corrected chi connectivity index (χ2v) is 4.66. The van der Waals surface area contributed by atoms with Gasteiger partial charge in [0.15, 0.2) is 0 Å². The molecule has 0 bridgehead atoms. The van der Waals surface area contributed by atoms with Crippen molar-refractivity contribution in [3.05, 3.63) is 17.5 Å². The molecule has 0 aliphatic carbocycles. The topological polar surface area (TPSA) is 70.3 Å². The number of nitrogens with zero attached hydrogens (tertiary/aromatic N) is 2. The summed E-state index contributed by atoms with van der Waals surface area (Å²) < 4.78 is 1.77. The Bertz CT molecular complexity index is 350. The lowest BCUT2D eigenvalue weighted by molar-refractivity contribution is 0.0792. The molecule has 3 N–H and O–H groups in total. The Labute approximate surface area is 102 Å². The Morgan fingerprint density at radius 3 is 2.41 bits per heavy atom. The van der Waals surface area contributed by atoms with Gasteiger partial charge in [0.25, 0.3) is 0 Å². The van der Waals surface area contributed by atoms with Crippen molar-refractivity contribution in [2.45, 2.75) is 38.8 Å². The Hall–Kier alpha value is -0.910. The Morgan fingerprint density at radius 2 is 2.06 bits per heavy atom. The second kappa shape index (κ2) is 5.62. The Kier molecular flexibility index (Phi) is 4.68. The van der Waals surface area contributed by atoms with Crippen LogP contribution >= 0.6 is 0 Å². The highest BCUT2D eigenvalue weighted by Gasteiger charge is 2.29. The van der Waals surface area contributed by atoms with E-state index in [9.17, 15) is 10.2 Å². The van der Waals surface area contributed by atoms with Crippen LogP contribution in [0.1, 0.15) is 37.6 Å². The van der Waals surface area contributed by atoms with Crippen LogP contribution in [-0.4, -0.2) is 38.7 Å². The molecule has 1 aromatic rings. The first-order valence-corrected chi connectivity index (χ1v) is 5.97. The molecule has 0 spiro atoms. The predicted molar refractivity (Wildman–Crippen MR) is 66.7 cm³/mol. The minimum atomic E-state index is -0.623. The summed E-state index contributed by atoms with van der Waals surface area (Å²) in [4.78, 5) is 0. The number of aliphatic hydroxyl groups excluding tert-OH is 2. The molecule has 1 atom stereocenters. The highest BCUT2D eigenvalue weighted by molar-refractivity contribution is 5.20. The number of nitrogens with one attached hydrogen (secondary N) is 1. The van der Waals surface area contributed by atoms with E-state index in [0.717, 1.165) is 11.3 Å². The first-order valence-electron chi connectivity index (χ1n) is 5.97. The van der Waals surface area contributed by atoms with Crippen LogP contribution < -0.4 is 5.32 Å². The number of hydrogen-bond acceptors (Lipinski definition) is 4. The molecule has 0 saturated carbocycles. The van der Waals surface area contributed by atoms with Gasteiger partial charge in [-0.3, -0.25) is 4.68 Å². The molecule has 0 aliphatic heterocycles. The Morgan fingerprint density at radius 1 is 1.47 bits per heavy atom. The largest absolute Gasteiger partial charge is 0.394 e. The molecule has 0 amide bonds. The van der Waals surface area contributed by atoms with Crippen molar-refractivity contribution in [1.82, 2.24) is 15.1 Å². The summed E-state index contributed by atoms with van der Waals surface area (Å²) in [6, 6.07) is 0.0444. The normalized spacial score (nSPS) is 14.0. The first kappa shape index (κ1) is 14.2. The minimum Gasteiger partial charge on any atom is -0.394 e. The van der Waals surface area contributed by atoms with Gasteiger partial charge in [0.05, 0.1) is 24.4 Å². The van der Waals surface area contributed by atoms with Crippen LogP contribution in [0, 0.1) is 6.92 Å². The SMILES string of the molecule is CCC(CO)(CO)NC(C)c1cn(C)nc1C. The number of aryl methyl sites for hydroxylation is 2. The van der Waals surface area contributed by atoms with Gasteiger partial charge in [0.2, 0.25) is 0 Å². The fourth-order valence-corrected chi connectivity index (χ4v) is 2.05. The van der Waals surface area contributed by atoms with E-state index in [2.05, 4.69) is 10.4 Å². The highest BCUT2D eigenvalue weighted by Crippen LogP contribution is 2.20. The average molecular weight is 241 g/mol. The van der Waals surface area contributed by atoms with E-state index in [1.807, 2.05) is 34.0 Å². The van der Waals surface area contributed by atoms with Crippen LogP contribution in [0.2, 0.25) is 0 Å². The maximum absolute atomic E-state index is 9.40. The molecule has 1 rings (SSSR count). The summed E-state index contributed by atoms with van der Waals surface area (Å²) in [6.07, 6.45) is 2.63. The molecule has 5 heteroatoms. The average Bonchev–Trinajstić information content (AvgIpc) is 2.65. The van der Waals surface area contributed by atoms with Crippen LogP contribution in [0.5, 0.6) is 0 Å². The lowest BCUT2D eigenvalue weighted by Gasteiger charge is -2.33. The number of hydrogen-bond donors (Lipinski definition) is 3. The molecular formula is C12H23N3O2. The molecule has 98 valence electrons. The maximum atomic E-state index is 9.40. The molecule has 5 nitrogen and oxygen atoms in total. The summed E-state index contributed by atoms with van der Waals surface area (Å²) in [5, 5.41) is 26.4. The molecule has 1 aromatic heterocycles. The zero-order valence-electron chi connectivity index (χ0n) is 11.1. The van der Waals surface area contributed by atoms with Crippen LogP contribution in [0.15, 0.2) is 6.20 Å². The van der Waals surface area contributed by atoms with Crippen molar-refractivity contribution in [2.24, 2.45) is 7.05 Å². The third kappa shape index (κ3) is 3.06. The van der Waals surface area contributed by atoms with Crippen LogP contribution in [0.25, 0.3) is 0 Å². The van der Waals surface area contributed by atoms with Gasteiger partial charge in [-0.25, -0.2) is 0 Å². The van der Waals surface area contributed by atoms with E-state index < -0.39 is 5.54 Å². The van der Waals surface area contributed by atoms with Crippen LogP contribution in [0.3, 0.4) is 0 Å². The van der Waals surface area contributed by atoms with E-state index >= 15 is 0 Å². The number of rotatable bonds is 6. The van der Waals surface area contributed by atoms with Crippen molar-refractivity contribution in [2.75, 3.05) is 13.2 Å². The minimum absolute atomic E-state index is 0.0444. The Balaban J connectivity index is 2.84. The summed E-state index contributed by atoms with van der Waals surface area (Å²) in [5.74, 6) is 0. The van der Waals surface area contributed by atoms with E-state index in [-0.39, 0.29) is 19.3 Å². The van der Waals surface area contributed by atoms with Gasteiger partial charge < -0.3 is 15.5 Å². The summed E-state index contributed by atoms with van der Waals surface area (Å²) in [5.41, 5.74) is 1.43. The van der Waals surface area contributed by atoms with Gasteiger partial charge in [-0.15, -0.1) is 0 Å². The molecule has 17 heavy (non-hydrogen) atoms. The summed E-state index contributed by atoms with van der Waals surface area (Å²) in [6.45, 7) is 5.76. The monoisotopic (exact) mass is 241 g/mol. The van der Waals surface area contributed by atoms with E-state index in [1.54, 1.807) is 4.68 Å². The fourth-order valence-electron chi connectivity index (χ4n) is 2.05. The third-order valence-electron chi connectivity index (χ3n) is 3.32. The lowest BCUT2D eigenvalue weighted by atomic mass is 9.95. The molecule has 1 unspecified atom stereocenters. The van der Waals surface area contributed by atoms with Crippen LogP contribution in [0.4, 0.5) is 0 Å². The molecule has 1 heterocycles. The van der Waals surface area contributed by atoms with Gasteiger partial charge in [0.1, 0.15) is 0 Å². The molecular weight excluding hydrogens is 218 g/mol. The predicted octanol–water partition coefficient (Wildman–Crippen LogP) is 0.513. The van der Waals surface area contributed by atoms with Crippen LogP contribution in [-0.2, 0) is 7.05 Å². The third-order valence-corrected chi connectivity index (χ3v) is 3.32. The zero-order chi connectivity index (χ0) is 13.1. The van der Waals surface area contributed by atoms with Gasteiger partial charge in [-0.05, 0) is 20.3 Å². The summed E-state index contributed by atoms with van der Waals surface area (Å²) in [7, 11) is 1.88.